The van der Waals surface area contributed by atoms with Crippen molar-refractivity contribution in [2.45, 2.75) is 13.0 Å². The molecule has 2 aromatic heterocycles. The predicted molar refractivity (Wildman–Crippen MR) is 127 cm³/mol. The number of benzene rings is 2. The molecule has 0 radical (unpaired) electrons. The van der Waals surface area contributed by atoms with E-state index in [4.69, 9.17) is 16.1 Å². The molecule has 5 rings (SSSR count). The maximum Gasteiger partial charge on any atom is 0.268 e. The highest BCUT2D eigenvalue weighted by atomic mass is 35.5. The maximum absolute atomic E-state index is 12.7. The number of aromatic nitrogens is 2. The first kappa shape index (κ1) is 21.4. The first-order valence-electron chi connectivity index (χ1n) is 10.4. The zero-order chi connectivity index (χ0) is 22.8. The first-order chi connectivity index (χ1) is 16.1. The average Bonchev–Trinajstić information content (AvgIpc) is 3.59. The van der Waals surface area contributed by atoms with Crippen LogP contribution in [-0.2, 0) is 16.1 Å². The summed E-state index contributed by atoms with van der Waals surface area (Å²) in [5.41, 5.74) is 2.27. The molecule has 1 aliphatic heterocycles. The molecule has 0 spiro atoms. The van der Waals surface area contributed by atoms with Crippen molar-refractivity contribution in [2.75, 3.05) is 11.4 Å². The van der Waals surface area contributed by atoms with Crippen LogP contribution in [0.25, 0.3) is 22.2 Å². The highest BCUT2D eigenvalue weighted by molar-refractivity contribution is 7.13. The van der Waals surface area contributed by atoms with Gasteiger partial charge in [0.25, 0.3) is 5.89 Å². The Labute approximate surface area is 199 Å². The normalized spacial score (nSPS) is 15.7. The SMILES string of the molecule is O=C(NCc1ccccc1Cl)[C@H]1CC(=O)N(c2cccc(-c3noc(-c4cccs4)n3)c2)C1. The van der Waals surface area contributed by atoms with E-state index in [0.717, 1.165) is 16.0 Å². The molecule has 7 nitrogen and oxygen atoms in total. The van der Waals surface area contributed by atoms with Gasteiger partial charge < -0.3 is 14.7 Å². The molecule has 0 unspecified atom stereocenters. The number of rotatable bonds is 6. The van der Waals surface area contributed by atoms with Gasteiger partial charge in [0, 0.05) is 35.8 Å². The van der Waals surface area contributed by atoms with E-state index in [-0.39, 0.29) is 18.2 Å². The molecule has 2 amide bonds. The summed E-state index contributed by atoms with van der Waals surface area (Å²) in [5.74, 6) is 0.205. The van der Waals surface area contributed by atoms with Crippen LogP contribution in [0.15, 0.2) is 70.6 Å². The van der Waals surface area contributed by atoms with Crippen molar-refractivity contribution in [3.05, 3.63) is 76.6 Å². The minimum absolute atomic E-state index is 0.0996. The van der Waals surface area contributed by atoms with E-state index in [1.165, 1.54) is 11.3 Å². The smallest absolute Gasteiger partial charge is 0.268 e. The lowest BCUT2D eigenvalue weighted by atomic mass is 10.1. The van der Waals surface area contributed by atoms with Crippen LogP contribution in [0.5, 0.6) is 0 Å². The number of amides is 2. The van der Waals surface area contributed by atoms with Crippen molar-refractivity contribution in [2.24, 2.45) is 5.92 Å². The molecule has 9 heteroatoms. The van der Waals surface area contributed by atoms with Crippen LogP contribution in [0.1, 0.15) is 12.0 Å². The molecule has 1 fully saturated rings. The van der Waals surface area contributed by atoms with Crippen LogP contribution in [0.4, 0.5) is 5.69 Å². The van der Waals surface area contributed by atoms with Gasteiger partial charge in [-0.3, -0.25) is 9.59 Å². The highest BCUT2D eigenvalue weighted by Crippen LogP contribution is 2.30. The van der Waals surface area contributed by atoms with E-state index in [2.05, 4.69) is 15.5 Å². The van der Waals surface area contributed by atoms with E-state index < -0.39 is 5.92 Å². The Balaban J connectivity index is 1.28. The molecule has 2 aromatic carbocycles. The van der Waals surface area contributed by atoms with Gasteiger partial charge in [-0.2, -0.15) is 4.98 Å². The standard InChI is InChI=1S/C24H19ClN4O3S/c25-19-8-2-1-5-16(19)13-26-23(31)17-12-21(30)29(14-17)18-7-3-6-15(11-18)22-27-24(32-28-22)20-9-4-10-33-20/h1-11,17H,12-14H2,(H,26,31)/t17-/m0/s1. The van der Waals surface area contributed by atoms with E-state index in [1.807, 2.05) is 60.0 Å². The Bertz CT molecular complexity index is 1300. The van der Waals surface area contributed by atoms with Gasteiger partial charge in [0.1, 0.15) is 0 Å². The topological polar surface area (TPSA) is 88.3 Å². The fourth-order valence-electron chi connectivity index (χ4n) is 3.76. The van der Waals surface area contributed by atoms with Crippen LogP contribution in [0.3, 0.4) is 0 Å². The van der Waals surface area contributed by atoms with Crippen LogP contribution in [-0.4, -0.2) is 28.5 Å². The number of halogens is 1. The Morgan fingerprint density at radius 2 is 2.06 bits per heavy atom. The number of nitrogens with one attached hydrogen (secondary N) is 1. The number of anilines is 1. The average molecular weight is 479 g/mol. The van der Waals surface area contributed by atoms with Gasteiger partial charge in [0.2, 0.25) is 17.6 Å². The lowest BCUT2D eigenvalue weighted by molar-refractivity contribution is -0.126. The minimum Gasteiger partial charge on any atom is -0.352 e. The number of thiophene rings is 1. The largest absolute Gasteiger partial charge is 0.352 e. The van der Waals surface area contributed by atoms with E-state index in [9.17, 15) is 9.59 Å². The summed E-state index contributed by atoms with van der Waals surface area (Å²) in [6, 6.07) is 18.6. The van der Waals surface area contributed by atoms with E-state index >= 15 is 0 Å². The van der Waals surface area contributed by atoms with Gasteiger partial charge in [-0.15, -0.1) is 11.3 Å². The van der Waals surface area contributed by atoms with E-state index in [0.29, 0.717) is 35.5 Å². The molecule has 166 valence electrons. The summed E-state index contributed by atoms with van der Waals surface area (Å²) in [7, 11) is 0. The lowest BCUT2D eigenvalue weighted by Gasteiger charge is -2.17. The molecular weight excluding hydrogens is 460 g/mol. The third-order valence-corrected chi connectivity index (χ3v) is 6.71. The van der Waals surface area contributed by atoms with Crippen molar-refractivity contribution in [1.29, 1.82) is 0 Å². The highest BCUT2D eigenvalue weighted by Gasteiger charge is 2.35. The second kappa shape index (κ2) is 9.17. The predicted octanol–water partition coefficient (Wildman–Crippen LogP) is 4.79. The first-order valence-corrected chi connectivity index (χ1v) is 11.6. The van der Waals surface area contributed by atoms with Crippen molar-refractivity contribution >= 4 is 40.4 Å². The van der Waals surface area contributed by atoms with Gasteiger partial charge >= 0.3 is 0 Å². The molecule has 0 aliphatic carbocycles. The number of carbonyl (C=O) groups is 2. The summed E-state index contributed by atoms with van der Waals surface area (Å²) < 4.78 is 5.38. The zero-order valence-electron chi connectivity index (χ0n) is 17.4. The Hall–Kier alpha value is -3.49. The third-order valence-electron chi connectivity index (χ3n) is 5.48. The second-order valence-electron chi connectivity index (χ2n) is 7.67. The molecular formula is C24H19ClN4O3S. The van der Waals surface area contributed by atoms with Crippen molar-refractivity contribution < 1.29 is 14.1 Å². The summed E-state index contributed by atoms with van der Waals surface area (Å²) in [5, 5.41) is 9.51. The zero-order valence-corrected chi connectivity index (χ0v) is 19.0. The second-order valence-corrected chi connectivity index (χ2v) is 9.02. The molecule has 33 heavy (non-hydrogen) atoms. The van der Waals surface area contributed by atoms with Gasteiger partial charge in [-0.25, -0.2) is 0 Å². The van der Waals surface area contributed by atoms with Gasteiger partial charge in [0.15, 0.2) is 0 Å². The van der Waals surface area contributed by atoms with Crippen LogP contribution in [0.2, 0.25) is 5.02 Å². The van der Waals surface area contributed by atoms with E-state index in [1.54, 1.807) is 11.0 Å². The van der Waals surface area contributed by atoms with Crippen LogP contribution in [0, 0.1) is 5.92 Å². The maximum atomic E-state index is 12.7. The Morgan fingerprint density at radius 1 is 1.18 bits per heavy atom. The number of hydrogen-bond acceptors (Lipinski definition) is 6. The summed E-state index contributed by atoms with van der Waals surface area (Å²) >= 11 is 7.68. The summed E-state index contributed by atoms with van der Waals surface area (Å²) in [4.78, 5) is 32.4. The fraction of sp³-hybridized carbons (Fsp3) is 0.167. The molecule has 4 aromatic rings. The van der Waals surface area contributed by atoms with Gasteiger partial charge in [0.05, 0.1) is 10.8 Å². The van der Waals surface area contributed by atoms with Gasteiger partial charge in [-0.1, -0.05) is 53.2 Å². The van der Waals surface area contributed by atoms with Crippen LogP contribution < -0.4 is 10.2 Å². The molecule has 0 saturated carbocycles. The quantitative estimate of drug-likeness (QED) is 0.430. The van der Waals surface area contributed by atoms with Crippen molar-refractivity contribution in [3.63, 3.8) is 0 Å². The fourth-order valence-corrected chi connectivity index (χ4v) is 4.60. The number of nitrogens with zero attached hydrogens (tertiary/aromatic N) is 3. The molecule has 1 saturated heterocycles. The number of hydrogen-bond donors (Lipinski definition) is 1. The van der Waals surface area contributed by atoms with Crippen molar-refractivity contribution in [3.8, 4) is 22.2 Å². The molecule has 3 heterocycles. The monoisotopic (exact) mass is 478 g/mol. The molecule has 1 atom stereocenters. The summed E-state index contributed by atoms with van der Waals surface area (Å²) in [6.45, 7) is 0.631. The Morgan fingerprint density at radius 3 is 2.88 bits per heavy atom. The number of carbonyl (C=O) groups excluding carboxylic acids is 2. The Kier molecular flexibility index (Phi) is 5.93. The molecule has 0 bridgehead atoms. The third kappa shape index (κ3) is 4.53. The molecule has 1 N–H and O–H groups in total. The minimum atomic E-state index is -0.431. The summed E-state index contributed by atoms with van der Waals surface area (Å²) in [6.07, 6.45) is 0.156. The van der Waals surface area contributed by atoms with Crippen molar-refractivity contribution in [1.82, 2.24) is 15.5 Å². The van der Waals surface area contributed by atoms with Gasteiger partial charge in [-0.05, 0) is 35.2 Å². The lowest BCUT2D eigenvalue weighted by Crippen LogP contribution is -2.32. The van der Waals surface area contributed by atoms with Crippen LogP contribution >= 0.6 is 22.9 Å². The molecule has 1 aliphatic rings.